The van der Waals surface area contributed by atoms with Gasteiger partial charge < -0.3 is 10.1 Å². The molecule has 1 N–H and O–H groups in total. The molecular weight excluding hydrogens is 451 g/mol. The Bertz CT molecular complexity index is 1320. The maximum Gasteiger partial charge on any atom is 0.269 e. The summed E-state index contributed by atoms with van der Waals surface area (Å²) < 4.78 is 7.15. The van der Waals surface area contributed by atoms with Crippen LogP contribution in [0, 0.1) is 11.3 Å². The summed E-state index contributed by atoms with van der Waals surface area (Å²) in [6, 6.07) is 11.6. The van der Waals surface area contributed by atoms with Crippen molar-refractivity contribution in [3.63, 3.8) is 0 Å². The lowest BCUT2D eigenvalue weighted by Gasteiger charge is -2.13. The summed E-state index contributed by atoms with van der Waals surface area (Å²) in [5.74, 6) is -0.383. The Morgan fingerprint density at radius 3 is 2.75 bits per heavy atom. The Kier molecular flexibility index (Phi) is 6.45. The molecule has 7 nitrogen and oxygen atoms in total. The van der Waals surface area contributed by atoms with Gasteiger partial charge in [0, 0.05) is 17.3 Å². The average molecular weight is 469 g/mol. The molecule has 0 bridgehead atoms. The van der Waals surface area contributed by atoms with Gasteiger partial charge in [-0.1, -0.05) is 42.1 Å². The molecule has 0 atom stereocenters. The number of ether oxygens (including phenoxy) is 1. The van der Waals surface area contributed by atoms with Crippen molar-refractivity contribution in [1.82, 2.24) is 14.7 Å². The summed E-state index contributed by atoms with van der Waals surface area (Å²) in [4.78, 5) is 30.3. The highest BCUT2D eigenvalue weighted by molar-refractivity contribution is 6.35. The smallest absolute Gasteiger partial charge is 0.269 e. The highest BCUT2D eigenvalue weighted by atomic mass is 35.5. The molecule has 0 spiro atoms. The van der Waals surface area contributed by atoms with Crippen LogP contribution < -0.4 is 15.6 Å². The normalized spacial score (nSPS) is 14.3. The Morgan fingerprint density at radius 1 is 1.25 bits per heavy atom. The van der Waals surface area contributed by atoms with Gasteiger partial charge in [-0.05, 0) is 49.2 Å². The molecule has 0 aliphatic heterocycles. The van der Waals surface area contributed by atoms with E-state index >= 15 is 0 Å². The third-order valence-corrected chi connectivity index (χ3v) is 5.71. The number of carbonyl (C=O) groups excluding carboxylic acids is 1. The second-order valence-corrected chi connectivity index (χ2v) is 8.21. The van der Waals surface area contributed by atoms with E-state index in [2.05, 4.69) is 10.3 Å². The van der Waals surface area contributed by atoms with E-state index in [1.807, 2.05) is 6.07 Å². The summed E-state index contributed by atoms with van der Waals surface area (Å²) in [6.07, 6.45) is 6.56. The number of nitrogens with one attached hydrogen (secondary N) is 1. The van der Waals surface area contributed by atoms with Crippen LogP contribution in [0.1, 0.15) is 31.2 Å². The van der Waals surface area contributed by atoms with E-state index in [0.717, 1.165) is 25.7 Å². The van der Waals surface area contributed by atoms with Crippen molar-refractivity contribution in [2.24, 2.45) is 0 Å². The number of nitriles is 1. The second-order valence-electron chi connectivity index (χ2n) is 7.37. The van der Waals surface area contributed by atoms with Gasteiger partial charge in [-0.3, -0.25) is 14.0 Å². The number of fused-ring (bicyclic) bond motifs is 1. The number of carbonyl (C=O) groups is 1. The fraction of sp³-hybridized carbons (Fsp3) is 0.217. The van der Waals surface area contributed by atoms with Crippen LogP contribution in [0.4, 0.5) is 0 Å². The topological polar surface area (TPSA) is 96.5 Å². The number of hydrogen-bond acceptors (Lipinski definition) is 5. The van der Waals surface area contributed by atoms with Crippen molar-refractivity contribution in [1.29, 1.82) is 5.26 Å². The molecule has 1 fully saturated rings. The molecule has 0 unspecified atom stereocenters. The van der Waals surface area contributed by atoms with Gasteiger partial charge in [0.2, 0.25) is 5.88 Å². The molecule has 0 saturated heterocycles. The van der Waals surface area contributed by atoms with Gasteiger partial charge in [0.05, 0.1) is 5.02 Å². The molecule has 162 valence electrons. The highest BCUT2D eigenvalue weighted by Crippen LogP contribution is 2.32. The molecule has 32 heavy (non-hydrogen) atoms. The third-order valence-electron chi connectivity index (χ3n) is 5.18. The molecule has 1 aromatic carbocycles. The summed E-state index contributed by atoms with van der Waals surface area (Å²) in [6.45, 7) is 0. The lowest BCUT2D eigenvalue weighted by atomic mass is 10.1. The summed E-state index contributed by atoms with van der Waals surface area (Å²) in [5, 5.41) is 13.1. The summed E-state index contributed by atoms with van der Waals surface area (Å²) in [7, 11) is 0. The van der Waals surface area contributed by atoms with E-state index in [4.69, 9.17) is 27.9 Å². The Hall–Kier alpha value is -3.34. The van der Waals surface area contributed by atoms with Gasteiger partial charge in [-0.25, -0.2) is 0 Å². The van der Waals surface area contributed by atoms with Gasteiger partial charge >= 0.3 is 0 Å². The molecule has 4 rings (SSSR count). The molecule has 1 aliphatic carbocycles. The lowest BCUT2D eigenvalue weighted by molar-refractivity contribution is -0.117. The number of rotatable bonds is 5. The Balaban J connectivity index is 1.80. The minimum Gasteiger partial charge on any atom is -0.437 e. The Morgan fingerprint density at radius 2 is 2.03 bits per heavy atom. The molecule has 1 aliphatic rings. The van der Waals surface area contributed by atoms with Crippen LogP contribution in [-0.4, -0.2) is 21.3 Å². The van der Waals surface area contributed by atoms with Crippen LogP contribution in [-0.2, 0) is 4.79 Å². The van der Waals surface area contributed by atoms with Crippen molar-refractivity contribution < 1.29 is 9.53 Å². The number of benzene rings is 1. The fourth-order valence-corrected chi connectivity index (χ4v) is 4.02. The molecule has 2 aromatic heterocycles. The molecule has 9 heteroatoms. The minimum absolute atomic E-state index is 0.0265. The molecule has 1 saturated carbocycles. The van der Waals surface area contributed by atoms with E-state index in [0.29, 0.717) is 10.7 Å². The largest absolute Gasteiger partial charge is 0.437 e. The van der Waals surface area contributed by atoms with Crippen LogP contribution in [0.2, 0.25) is 10.0 Å². The zero-order chi connectivity index (χ0) is 22.7. The summed E-state index contributed by atoms with van der Waals surface area (Å²) in [5.41, 5.74) is -0.405. The predicted molar refractivity (Wildman–Crippen MR) is 122 cm³/mol. The first-order valence-electron chi connectivity index (χ1n) is 10.0. The zero-order valence-corrected chi connectivity index (χ0v) is 18.4. The maximum atomic E-state index is 13.2. The molecular formula is C23H18Cl2N4O3. The van der Waals surface area contributed by atoms with Gasteiger partial charge in [0.1, 0.15) is 28.6 Å². The monoisotopic (exact) mass is 468 g/mol. The van der Waals surface area contributed by atoms with Gasteiger partial charge in [-0.15, -0.1) is 0 Å². The van der Waals surface area contributed by atoms with E-state index in [-0.39, 0.29) is 33.8 Å². The van der Waals surface area contributed by atoms with Crippen molar-refractivity contribution in [3.8, 4) is 17.7 Å². The van der Waals surface area contributed by atoms with Crippen LogP contribution in [0.15, 0.2) is 53.0 Å². The maximum absolute atomic E-state index is 13.2. The lowest BCUT2D eigenvalue weighted by Crippen LogP contribution is -2.33. The first-order chi connectivity index (χ1) is 15.5. The first-order valence-corrected chi connectivity index (χ1v) is 10.8. The standard InChI is InChI=1S/C23H18Cl2N4O3/c24-15-8-9-19(18(25)12-15)32-22-17(23(31)29-10-4-3-7-20(29)28-22)11-14(13-26)21(30)27-16-5-1-2-6-16/h3-4,7-12,16H,1-2,5-6H2,(H,27,30). The molecule has 3 aromatic rings. The van der Waals surface area contributed by atoms with E-state index in [1.54, 1.807) is 36.5 Å². The molecule has 2 heterocycles. The third kappa shape index (κ3) is 4.62. The summed E-state index contributed by atoms with van der Waals surface area (Å²) >= 11 is 12.2. The zero-order valence-electron chi connectivity index (χ0n) is 16.8. The Labute approximate surface area is 193 Å². The number of aromatic nitrogens is 2. The van der Waals surface area contributed by atoms with Gasteiger partial charge in [-0.2, -0.15) is 10.2 Å². The predicted octanol–water partition coefficient (Wildman–Crippen LogP) is 4.76. The van der Waals surface area contributed by atoms with Crippen molar-refractivity contribution >= 4 is 40.8 Å². The highest BCUT2D eigenvalue weighted by Gasteiger charge is 2.21. The number of amides is 1. The van der Waals surface area contributed by atoms with E-state index in [9.17, 15) is 14.9 Å². The van der Waals surface area contributed by atoms with Crippen LogP contribution in [0.25, 0.3) is 11.7 Å². The molecule has 1 amide bonds. The van der Waals surface area contributed by atoms with Gasteiger partial charge in [0.15, 0.2) is 0 Å². The van der Waals surface area contributed by atoms with Crippen LogP contribution >= 0.6 is 23.2 Å². The van der Waals surface area contributed by atoms with Crippen molar-refractivity contribution in [2.45, 2.75) is 31.7 Å². The van der Waals surface area contributed by atoms with Crippen LogP contribution in [0.3, 0.4) is 0 Å². The van der Waals surface area contributed by atoms with E-state index < -0.39 is 11.5 Å². The number of pyridine rings is 1. The van der Waals surface area contributed by atoms with Gasteiger partial charge in [0.25, 0.3) is 11.5 Å². The number of halogens is 2. The fourth-order valence-electron chi connectivity index (χ4n) is 3.57. The second kappa shape index (κ2) is 9.43. The first kappa shape index (κ1) is 21.9. The van der Waals surface area contributed by atoms with Crippen molar-refractivity contribution in [3.05, 3.63) is 74.1 Å². The SMILES string of the molecule is N#CC(=Cc1c(Oc2ccc(Cl)cc2Cl)nc2ccccn2c1=O)C(=O)NC1CCCC1. The number of hydrogen-bond donors (Lipinski definition) is 1. The average Bonchev–Trinajstić information content (AvgIpc) is 3.28. The van der Waals surface area contributed by atoms with E-state index in [1.165, 1.54) is 16.5 Å². The quantitative estimate of drug-likeness (QED) is 0.430. The minimum atomic E-state index is -0.535. The molecule has 0 radical (unpaired) electrons. The van der Waals surface area contributed by atoms with Crippen molar-refractivity contribution in [2.75, 3.05) is 0 Å². The van der Waals surface area contributed by atoms with Crippen LogP contribution in [0.5, 0.6) is 11.6 Å². The number of nitrogens with zero attached hydrogens (tertiary/aromatic N) is 3.